The molecular weight excluding hydrogens is 200 g/mol. The highest BCUT2D eigenvalue weighted by atomic mass is 16.1. The fourth-order valence-electron chi connectivity index (χ4n) is 3.03. The molecule has 3 rings (SSSR count). The predicted molar refractivity (Wildman–Crippen MR) is 64.0 cm³/mol. The van der Waals surface area contributed by atoms with E-state index in [-0.39, 0.29) is 5.54 Å². The van der Waals surface area contributed by atoms with Gasteiger partial charge in [0.15, 0.2) is 5.78 Å². The lowest BCUT2D eigenvalue weighted by molar-refractivity contribution is 0.0909. The highest BCUT2D eigenvalue weighted by Gasteiger charge is 2.52. The Kier molecular flexibility index (Phi) is 1.89. The molecule has 0 radical (unpaired) electrons. The van der Waals surface area contributed by atoms with Crippen LogP contribution < -0.4 is 4.90 Å². The van der Waals surface area contributed by atoms with Crippen LogP contribution in [0.25, 0.3) is 0 Å². The first kappa shape index (κ1) is 9.85. The summed E-state index contributed by atoms with van der Waals surface area (Å²) < 4.78 is 0. The molecule has 2 heterocycles. The van der Waals surface area contributed by atoms with Gasteiger partial charge in [0.2, 0.25) is 0 Å². The van der Waals surface area contributed by atoms with E-state index < -0.39 is 0 Å². The van der Waals surface area contributed by atoms with Crippen LogP contribution in [0.1, 0.15) is 16.8 Å². The lowest BCUT2D eigenvalue weighted by Gasteiger charge is -2.32. The van der Waals surface area contributed by atoms with E-state index >= 15 is 0 Å². The molecule has 0 amide bonds. The number of likely N-dealkylation sites (tertiary alicyclic amines) is 1. The van der Waals surface area contributed by atoms with Crippen LogP contribution in [0.3, 0.4) is 0 Å². The van der Waals surface area contributed by atoms with E-state index in [1.807, 2.05) is 31.3 Å². The molecule has 0 aromatic heterocycles. The number of fused-ring (bicyclic) bond motifs is 1. The van der Waals surface area contributed by atoms with Gasteiger partial charge in [0.1, 0.15) is 5.54 Å². The number of likely N-dealkylation sites (N-methyl/N-ethyl adjacent to an activating group) is 2. The Morgan fingerprint density at radius 3 is 2.62 bits per heavy atom. The van der Waals surface area contributed by atoms with Gasteiger partial charge >= 0.3 is 0 Å². The van der Waals surface area contributed by atoms with Gasteiger partial charge in [-0.25, -0.2) is 0 Å². The summed E-state index contributed by atoms with van der Waals surface area (Å²) in [4.78, 5) is 16.9. The number of Topliss-reactive ketones (excluding diaryl/α,β-unsaturated/α-hetero) is 1. The Hall–Kier alpha value is -1.35. The second-order valence-electron chi connectivity index (χ2n) is 4.92. The first-order valence-electron chi connectivity index (χ1n) is 5.71. The Morgan fingerprint density at radius 2 is 2.00 bits per heavy atom. The van der Waals surface area contributed by atoms with Crippen molar-refractivity contribution in [3.63, 3.8) is 0 Å². The molecule has 0 aliphatic carbocycles. The normalized spacial score (nSPS) is 29.1. The number of benzene rings is 1. The van der Waals surface area contributed by atoms with Crippen LogP contribution in [0, 0.1) is 0 Å². The van der Waals surface area contributed by atoms with Crippen LogP contribution in [0.5, 0.6) is 0 Å². The number of carbonyl (C=O) groups excluding carboxylic acids is 1. The largest absolute Gasteiger partial charge is 0.360 e. The highest BCUT2D eigenvalue weighted by molar-refractivity contribution is 6.14. The van der Waals surface area contributed by atoms with Gasteiger partial charge in [0.25, 0.3) is 0 Å². The number of para-hydroxylation sites is 1. The molecule has 1 aromatic rings. The van der Waals surface area contributed by atoms with E-state index in [1.54, 1.807) is 0 Å². The quantitative estimate of drug-likeness (QED) is 0.655. The van der Waals surface area contributed by atoms with Crippen molar-refractivity contribution in [1.82, 2.24) is 4.90 Å². The number of hydrogen-bond acceptors (Lipinski definition) is 3. The van der Waals surface area contributed by atoms with E-state index in [9.17, 15) is 4.79 Å². The number of hydrogen-bond donors (Lipinski definition) is 0. The van der Waals surface area contributed by atoms with Crippen molar-refractivity contribution in [3.05, 3.63) is 29.8 Å². The van der Waals surface area contributed by atoms with Gasteiger partial charge in [-0.15, -0.1) is 0 Å². The van der Waals surface area contributed by atoms with Gasteiger partial charge in [-0.05, 0) is 25.6 Å². The number of nitrogens with zero attached hydrogens (tertiary/aromatic N) is 2. The average molecular weight is 216 g/mol. The van der Waals surface area contributed by atoms with Crippen LogP contribution in [0.4, 0.5) is 5.69 Å². The first-order valence-corrected chi connectivity index (χ1v) is 5.71. The topological polar surface area (TPSA) is 23.6 Å². The SMILES string of the molecule is CN1CCC2(C1)C(=O)c1ccccc1N2C. The van der Waals surface area contributed by atoms with Crippen molar-refractivity contribution >= 4 is 11.5 Å². The Labute approximate surface area is 95.7 Å². The van der Waals surface area contributed by atoms with Crippen molar-refractivity contribution in [3.8, 4) is 0 Å². The van der Waals surface area contributed by atoms with E-state index in [0.717, 1.165) is 30.8 Å². The number of rotatable bonds is 0. The summed E-state index contributed by atoms with van der Waals surface area (Å²) in [7, 11) is 4.13. The summed E-state index contributed by atoms with van der Waals surface area (Å²) in [6.45, 7) is 1.85. The monoisotopic (exact) mass is 216 g/mol. The van der Waals surface area contributed by atoms with Gasteiger partial charge < -0.3 is 9.80 Å². The summed E-state index contributed by atoms with van der Waals surface area (Å²) in [5, 5.41) is 0. The lowest BCUT2D eigenvalue weighted by atomic mass is 9.92. The zero-order chi connectivity index (χ0) is 11.3. The van der Waals surface area contributed by atoms with Gasteiger partial charge in [-0.2, -0.15) is 0 Å². The highest BCUT2D eigenvalue weighted by Crippen LogP contribution is 2.42. The minimum absolute atomic E-state index is 0.293. The number of carbonyl (C=O) groups is 1. The molecule has 84 valence electrons. The van der Waals surface area contributed by atoms with Crippen LogP contribution in [0.2, 0.25) is 0 Å². The number of anilines is 1. The van der Waals surface area contributed by atoms with Crippen LogP contribution in [-0.4, -0.2) is 43.4 Å². The zero-order valence-electron chi connectivity index (χ0n) is 9.73. The molecule has 1 aromatic carbocycles. The molecule has 0 bridgehead atoms. The fourth-order valence-corrected chi connectivity index (χ4v) is 3.03. The third-order valence-corrected chi connectivity index (χ3v) is 4.01. The minimum Gasteiger partial charge on any atom is -0.360 e. The van der Waals surface area contributed by atoms with Crippen molar-refractivity contribution in [1.29, 1.82) is 0 Å². The molecule has 1 fully saturated rings. The van der Waals surface area contributed by atoms with Crippen molar-refractivity contribution in [2.75, 3.05) is 32.1 Å². The lowest BCUT2D eigenvalue weighted by Crippen LogP contribution is -2.50. The summed E-state index contributed by atoms with van der Waals surface area (Å²) in [5.41, 5.74) is 1.68. The molecule has 1 saturated heterocycles. The molecule has 1 spiro atoms. The molecule has 2 aliphatic heterocycles. The van der Waals surface area contributed by atoms with Gasteiger partial charge in [-0.3, -0.25) is 4.79 Å². The van der Waals surface area contributed by atoms with Crippen LogP contribution in [-0.2, 0) is 0 Å². The molecule has 0 saturated carbocycles. The summed E-state index contributed by atoms with van der Waals surface area (Å²) in [6.07, 6.45) is 0.938. The molecule has 3 nitrogen and oxygen atoms in total. The molecule has 3 heteroatoms. The molecule has 0 N–H and O–H groups in total. The zero-order valence-corrected chi connectivity index (χ0v) is 9.73. The smallest absolute Gasteiger partial charge is 0.191 e. The van der Waals surface area contributed by atoms with Crippen molar-refractivity contribution in [2.45, 2.75) is 12.0 Å². The molecule has 2 aliphatic rings. The summed E-state index contributed by atoms with van der Waals surface area (Å²) in [5.74, 6) is 0.301. The third kappa shape index (κ3) is 1.04. The maximum Gasteiger partial charge on any atom is 0.191 e. The van der Waals surface area contributed by atoms with E-state index in [4.69, 9.17) is 0 Å². The second-order valence-corrected chi connectivity index (χ2v) is 4.92. The van der Waals surface area contributed by atoms with E-state index in [1.165, 1.54) is 0 Å². The summed E-state index contributed by atoms with van der Waals surface area (Å²) >= 11 is 0. The number of ketones is 1. The Balaban J connectivity index is 2.11. The molecule has 1 unspecified atom stereocenters. The van der Waals surface area contributed by atoms with Crippen LogP contribution >= 0.6 is 0 Å². The Morgan fingerprint density at radius 1 is 1.25 bits per heavy atom. The van der Waals surface area contributed by atoms with Gasteiger partial charge in [-0.1, -0.05) is 12.1 Å². The maximum atomic E-state index is 12.5. The standard InChI is InChI=1S/C13H16N2O/c1-14-8-7-13(9-14)12(16)10-5-3-4-6-11(10)15(13)2/h3-6H,7-9H2,1-2H3. The average Bonchev–Trinajstić information content (AvgIpc) is 2.78. The van der Waals surface area contributed by atoms with Crippen molar-refractivity contribution < 1.29 is 4.79 Å². The summed E-state index contributed by atoms with van der Waals surface area (Å²) in [6, 6.07) is 7.93. The Bertz CT molecular complexity index is 457. The second kappa shape index (κ2) is 3.08. The van der Waals surface area contributed by atoms with Crippen LogP contribution in [0.15, 0.2) is 24.3 Å². The first-order chi connectivity index (χ1) is 7.65. The molecular formula is C13H16N2O. The fraction of sp³-hybridized carbons (Fsp3) is 0.462. The van der Waals surface area contributed by atoms with Gasteiger partial charge in [0, 0.05) is 31.4 Å². The maximum absolute atomic E-state index is 12.5. The van der Waals surface area contributed by atoms with E-state index in [0.29, 0.717) is 5.78 Å². The minimum atomic E-state index is -0.293. The predicted octanol–water partition coefficient (Wildman–Crippen LogP) is 1.39. The van der Waals surface area contributed by atoms with Crippen molar-refractivity contribution in [2.24, 2.45) is 0 Å². The van der Waals surface area contributed by atoms with E-state index in [2.05, 4.69) is 16.8 Å². The molecule has 16 heavy (non-hydrogen) atoms. The third-order valence-electron chi connectivity index (χ3n) is 4.01. The molecule has 1 atom stereocenters. The van der Waals surface area contributed by atoms with Gasteiger partial charge in [0.05, 0.1) is 0 Å².